The third-order valence-electron chi connectivity index (χ3n) is 5.17. The number of pyridine rings is 1. The average Bonchev–Trinajstić information content (AvgIpc) is 3.37. The second kappa shape index (κ2) is 8.51. The first-order valence-corrected chi connectivity index (χ1v) is 10.2. The number of nitrogens with one attached hydrogen (secondary N) is 1. The smallest absolute Gasteiger partial charge is 0.267 e. The number of aliphatic hydroxyl groups is 1. The number of rotatable bonds is 6. The van der Waals surface area contributed by atoms with Gasteiger partial charge in [-0.2, -0.15) is 0 Å². The highest BCUT2D eigenvalue weighted by molar-refractivity contribution is 6.02. The van der Waals surface area contributed by atoms with Gasteiger partial charge >= 0.3 is 0 Å². The number of hydrogen-bond acceptors (Lipinski definition) is 8. The van der Waals surface area contributed by atoms with Crippen molar-refractivity contribution in [3.63, 3.8) is 0 Å². The van der Waals surface area contributed by atoms with Crippen molar-refractivity contribution in [2.24, 2.45) is 4.99 Å². The minimum atomic E-state index is -1.16. The highest BCUT2D eigenvalue weighted by atomic mass is 16.5. The minimum Gasteiger partial charge on any atom is -0.481 e. The molecule has 1 aliphatic heterocycles. The molecule has 0 saturated heterocycles. The summed E-state index contributed by atoms with van der Waals surface area (Å²) in [5.74, 6) is 0.822. The molecule has 0 radical (unpaired) electrons. The molecule has 0 spiro atoms. The van der Waals surface area contributed by atoms with E-state index >= 15 is 0 Å². The number of nitrogens with zero attached hydrogens (tertiary/aromatic N) is 4. The van der Waals surface area contributed by atoms with Crippen molar-refractivity contribution in [3.05, 3.63) is 64.7 Å². The molecule has 0 fully saturated rings. The van der Waals surface area contributed by atoms with Crippen LogP contribution < -0.4 is 5.32 Å². The van der Waals surface area contributed by atoms with Crippen LogP contribution in [0.15, 0.2) is 45.8 Å². The third-order valence-corrected chi connectivity index (χ3v) is 5.17. The van der Waals surface area contributed by atoms with Crippen molar-refractivity contribution in [2.45, 2.75) is 45.4 Å². The molecule has 1 aromatic carbocycles. The van der Waals surface area contributed by atoms with Crippen LogP contribution in [0.25, 0.3) is 11.6 Å². The van der Waals surface area contributed by atoms with Crippen LogP contribution in [0, 0.1) is 6.92 Å². The Morgan fingerprint density at radius 1 is 1.28 bits per heavy atom. The van der Waals surface area contributed by atoms with E-state index < -0.39 is 11.6 Å². The van der Waals surface area contributed by atoms with Gasteiger partial charge in [-0.1, -0.05) is 30.3 Å². The first-order valence-electron chi connectivity index (χ1n) is 10.2. The highest BCUT2D eigenvalue weighted by Gasteiger charge is 2.31. The number of aliphatic imine (C=N–C) groups is 1. The van der Waals surface area contributed by atoms with Gasteiger partial charge in [0.2, 0.25) is 17.7 Å². The van der Waals surface area contributed by atoms with Gasteiger partial charge in [-0.3, -0.25) is 4.79 Å². The standard InChI is InChI=1S/C23H25N5O4/c1-13-27-28-22(32-13)19-18-15(12-24-21(18)31-4)10-16(25-19)11-17(29)26-20(23(2,3)30)14-8-6-5-7-9-14/h5-10,20,30H,11-12H2,1-4H3,(H,26,29)/t20-/m0/s1. The van der Waals surface area contributed by atoms with E-state index in [9.17, 15) is 9.90 Å². The summed E-state index contributed by atoms with van der Waals surface area (Å²) in [6, 6.07) is 10.6. The van der Waals surface area contributed by atoms with Gasteiger partial charge in [0.15, 0.2) is 0 Å². The molecule has 0 aliphatic carbocycles. The molecule has 1 aliphatic rings. The number of aromatic nitrogens is 3. The summed E-state index contributed by atoms with van der Waals surface area (Å²) in [4.78, 5) is 22.0. The zero-order chi connectivity index (χ0) is 22.9. The lowest BCUT2D eigenvalue weighted by Gasteiger charge is -2.30. The first kappa shape index (κ1) is 21.6. The van der Waals surface area contributed by atoms with Crippen LogP contribution in [0.5, 0.6) is 0 Å². The van der Waals surface area contributed by atoms with Crippen molar-refractivity contribution in [1.82, 2.24) is 20.5 Å². The molecular weight excluding hydrogens is 410 g/mol. The number of carbonyl (C=O) groups excluding carboxylic acids is 1. The van der Waals surface area contributed by atoms with Gasteiger partial charge in [0, 0.05) is 6.92 Å². The second-order valence-corrected chi connectivity index (χ2v) is 8.19. The molecule has 4 rings (SSSR count). The van der Waals surface area contributed by atoms with E-state index in [1.165, 1.54) is 0 Å². The molecule has 166 valence electrons. The van der Waals surface area contributed by atoms with Gasteiger partial charge in [0.05, 0.1) is 43.0 Å². The Hall–Kier alpha value is -3.59. The average molecular weight is 435 g/mol. The molecule has 1 amide bonds. The van der Waals surface area contributed by atoms with E-state index in [2.05, 4.69) is 25.5 Å². The Balaban J connectivity index is 1.63. The maximum atomic E-state index is 12.9. The van der Waals surface area contributed by atoms with Gasteiger partial charge in [-0.05, 0) is 31.0 Å². The van der Waals surface area contributed by atoms with Crippen LogP contribution >= 0.6 is 0 Å². The lowest BCUT2D eigenvalue weighted by atomic mass is 9.91. The predicted octanol–water partition coefficient (Wildman–Crippen LogP) is 2.52. The van der Waals surface area contributed by atoms with Crippen molar-refractivity contribution in [1.29, 1.82) is 0 Å². The molecule has 2 N–H and O–H groups in total. The van der Waals surface area contributed by atoms with Crippen LogP contribution in [0.4, 0.5) is 0 Å². The highest BCUT2D eigenvalue weighted by Crippen LogP contribution is 2.30. The van der Waals surface area contributed by atoms with E-state index in [0.29, 0.717) is 35.3 Å². The lowest BCUT2D eigenvalue weighted by molar-refractivity contribution is -0.123. The lowest BCUT2D eigenvalue weighted by Crippen LogP contribution is -2.42. The van der Waals surface area contributed by atoms with E-state index in [0.717, 1.165) is 11.1 Å². The van der Waals surface area contributed by atoms with Crippen molar-refractivity contribution in [2.75, 3.05) is 7.11 Å². The van der Waals surface area contributed by atoms with E-state index in [-0.39, 0.29) is 18.2 Å². The van der Waals surface area contributed by atoms with Crippen LogP contribution in [-0.2, 0) is 22.5 Å². The molecule has 32 heavy (non-hydrogen) atoms. The van der Waals surface area contributed by atoms with Gasteiger partial charge in [0.1, 0.15) is 5.69 Å². The van der Waals surface area contributed by atoms with Crippen LogP contribution in [-0.4, -0.2) is 44.8 Å². The number of ether oxygens (including phenoxy) is 1. The molecule has 0 unspecified atom stereocenters. The number of amides is 1. The van der Waals surface area contributed by atoms with E-state index in [4.69, 9.17) is 9.15 Å². The van der Waals surface area contributed by atoms with Crippen LogP contribution in [0.3, 0.4) is 0 Å². The Kier molecular flexibility index (Phi) is 5.75. The Morgan fingerprint density at radius 3 is 2.66 bits per heavy atom. The quantitative estimate of drug-likeness (QED) is 0.610. The third kappa shape index (κ3) is 4.38. The first-order chi connectivity index (χ1) is 15.3. The fourth-order valence-corrected chi connectivity index (χ4v) is 3.75. The Morgan fingerprint density at radius 2 is 2.03 bits per heavy atom. The molecule has 0 saturated carbocycles. The number of fused-ring (bicyclic) bond motifs is 1. The SMILES string of the molecule is COC1=NCc2cc(CC(=O)N[C@@H](c3ccccc3)C(C)(C)O)nc(-c3nnc(C)o3)c21. The van der Waals surface area contributed by atoms with Crippen LogP contribution in [0.2, 0.25) is 0 Å². The largest absolute Gasteiger partial charge is 0.481 e. The summed E-state index contributed by atoms with van der Waals surface area (Å²) >= 11 is 0. The molecule has 3 aromatic rings. The minimum absolute atomic E-state index is 0.00906. The maximum Gasteiger partial charge on any atom is 0.267 e. The molecule has 2 aromatic heterocycles. The molecule has 1 atom stereocenters. The van der Waals surface area contributed by atoms with Gasteiger partial charge in [-0.25, -0.2) is 9.98 Å². The van der Waals surface area contributed by atoms with E-state index in [1.807, 2.05) is 36.4 Å². The number of methoxy groups -OCH3 is 1. The summed E-state index contributed by atoms with van der Waals surface area (Å²) in [6.45, 7) is 5.43. The number of benzene rings is 1. The summed E-state index contributed by atoms with van der Waals surface area (Å²) in [5.41, 5.74) is 2.19. The predicted molar refractivity (Wildman–Crippen MR) is 117 cm³/mol. The summed E-state index contributed by atoms with van der Waals surface area (Å²) in [5, 5.41) is 21.5. The van der Waals surface area contributed by atoms with Crippen LogP contribution in [0.1, 0.15) is 48.2 Å². The van der Waals surface area contributed by atoms with Crippen molar-refractivity contribution in [3.8, 4) is 11.6 Å². The van der Waals surface area contributed by atoms with E-state index in [1.54, 1.807) is 27.9 Å². The fraction of sp³-hybridized carbons (Fsp3) is 0.348. The Bertz CT molecular complexity index is 1160. The van der Waals surface area contributed by atoms with Gasteiger partial charge < -0.3 is 19.6 Å². The van der Waals surface area contributed by atoms with Crippen molar-refractivity contribution < 1.29 is 19.1 Å². The van der Waals surface area contributed by atoms with Gasteiger partial charge in [-0.15, -0.1) is 10.2 Å². The molecule has 0 bridgehead atoms. The Labute approximate surface area is 185 Å². The monoisotopic (exact) mass is 435 g/mol. The number of aryl methyl sites for hydroxylation is 1. The molecule has 3 heterocycles. The summed E-state index contributed by atoms with van der Waals surface area (Å²) in [7, 11) is 1.54. The normalized spacial score (nSPS) is 14.0. The topological polar surface area (TPSA) is 123 Å². The molecular formula is C23H25N5O4. The fourth-order valence-electron chi connectivity index (χ4n) is 3.75. The number of carbonyl (C=O) groups is 1. The van der Waals surface area contributed by atoms with Crippen molar-refractivity contribution >= 4 is 11.8 Å². The maximum absolute atomic E-state index is 12.9. The number of hydrogen-bond donors (Lipinski definition) is 2. The summed E-state index contributed by atoms with van der Waals surface area (Å²) in [6.07, 6.45) is 0.00906. The second-order valence-electron chi connectivity index (χ2n) is 8.19. The zero-order valence-electron chi connectivity index (χ0n) is 18.4. The zero-order valence-corrected chi connectivity index (χ0v) is 18.4. The molecule has 9 nitrogen and oxygen atoms in total. The van der Waals surface area contributed by atoms with Gasteiger partial charge in [0.25, 0.3) is 5.89 Å². The summed E-state index contributed by atoms with van der Waals surface area (Å²) < 4.78 is 11.0. The molecule has 9 heteroatoms.